The van der Waals surface area contributed by atoms with Crippen molar-refractivity contribution in [3.8, 4) is 71.0 Å². The first-order valence-electron chi connectivity index (χ1n) is 25.0. The normalized spacial score (nSPS) is 11.7. The first kappa shape index (κ1) is 49.8. The molecule has 0 aliphatic carbocycles. The third kappa shape index (κ3) is 12.8. The van der Waals surface area contributed by atoms with Gasteiger partial charge < -0.3 is 0 Å². The Morgan fingerprint density at radius 3 is 1.23 bits per heavy atom. The minimum atomic E-state index is 1.19. The van der Waals surface area contributed by atoms with Crippen LogP contribution in [0.5, 0.6) is 0 Å². The van der Waals surface area contributed by atoms with E-state index in [4.69, 9.17) is 0 Å². The monoisotopic (exact) mass is 1020 g/mol. The summed E-state index contributed by atoms with van der Waals surface area (Å²) in [4.78, 5) is 21.2. The van der Waals surface area contributed by atoms with Crippen molar-refractivity contribution in [3.63, 3.8) is 0 Å². The van der Waals surface area contributed by atoms with Crippen LogP contribution in [0.4, 0.5) is 0 Å². The van der Waals surface area contributed by atoms with Crippen molar-refractivity contribution in [2.75, 3.05) is 0 Å². The molecule has 8 aromatic heterocycles. The summed E-state index contributed by atoms with van der Waals surface area (Å²) in [6.07, 6.45) is 27.8. The standard InChI is InChI=1S/C58H68S8/c1-6-11-15-19-23-41-27-31-49(60-41)46-37-53(65-57(46)51-33-29-43(62-51)25-21-17-13-8-3)40-35-55(59-39-40)56-36-45(48(10-5)64-56)54-38-47(50-32-28-42(61-50)24-20-16-12-7-2)58(66-54)52-34-30-44(63-52)26-22-18-14-9-4/h10,27-39H,5-9,11-26H2,1-4H3. The van der Waals surface area contributed by atoms with E-state index < -0.39 is 0 Å². The molecule has 0 aliphatic heterocycles. The van der Waals surface area contributed by atoms with Crippen LogP contribution in [-0.2, 0) is 25.7 Å². The summed E-state index contributed by atoms with van der Waals surface area (Å²) in [5.74, 6) is 0. The zero-order valence-corrected chi connectivity index (χ0v) is 46.2. The number of thiophene rings is 8. The molecule has 0 aromatic carbocycles. The third-order valence-corrected chi connectivity index (χ3v) is 22.2. The van der Waals surface area contributed by atoms with Gasteiger partial charge in [0.15, 0.2) is 0 Å². The highest BCUT2D eigenvalue weighted by Gasteiger charge is 2.22. The van der Waals surface area contributed by atoms with Gasteiger partial charge in [-0.25, -0.2) is 0 Å². The van der Waals surface area contributed by atoms with Crippen LogP contribution in [-0.4, -0.2) is 0 Å². The number of unbranched alkanes of at least 4 members (excludes halogenated alkanes) is 12. The quantitative estimate of drug-likeness (QED) is 0.0429. The van der Waals surface area contributed by atoms with Crippen molar-refractivity contribution >= 4 is 96.8 Å². The van der Waals surface area contributed by atoms with Crippen LogP contribution < -0.4 is 0 Å². The van der Waals surface area contributed by atoms with Gasteiger partial charge in [0.05, 0.1) is 9.75 Å². The van der Waals surface area contributed by atoms with E-state index in [9.17, 15) is 0 Å². The van der Waals surface area contributed by atoms with Gasteiger partial charge in [-0.2, -0.15) is 0 Å². The molecule has 0 bridgehead atoms. The summed E-state index contributed by atoms with van der Waals surface area (Å²) in [6, 6.07) is 29.1. The van der Waals surface area contributed by atoms with Crippen LogP contribution in [0.25, 0.3) is 77.1 Å². The van der Waals surface area contributed by atoms with Gasteiger partial charge in [-0.15, -0.1) is 90.7 Å². The van der Waals surface area contributed by atoms with E-state index in [-0.39, 0.29) is 0 Å². The van der Waals surface area contributed by atoms with Crippen molar-refractivity contribution < 1.29 is 0 Å². The molecule has 0 saturated heterocycles. The minimum absolute atomic E-state index is 1.19. The number of rotatable bonds is 28. The van der Waals surface area contributed by atoms with E-state index >= 15 is 0 Å². The van der Waals surface area contributed by atoms with Gasteiger partial charge in [0.2, 0.25) is 0 Å². The molecular formula is C58H68S8. The number of aryl methyl sites for hydroxylation is 4. The van der Waals surface area contributed by atoms with Crippen LogP contribution in [0.15, 0.2) is 84.8 Å². The van der Waals surface area contributed by atoms with Crippen LogP contribution in [0.1, 0.15) is 155 Å². The fraction of sp³-hybridized carbons (Fsp3) is 0.414. The van der Waals surface area contributed by atoms with Crippen LogP contribution in [0.2, 0.25) is 0 Å². The van der Waals surface area contributed by atoms with Crippen molar-refractivity contribution in [2.45, 2.75) is 156 Å². The Labute approximate surface area is 429 Å². The Bertz CT molecular complexity index is 2570. The molecule has 0 nitrogen and oxygen atoms in total. The molecule has 0 unspecified atom stereocenters. The first-order valence-corrected chi connectivity index (χ1v) is 31.6. The summed E-state index contributed by atoms with van der Waals surface area (Å²) >= 11 is 15.8. The van der Waals surface area contributed by atoms with Gasteiger partial charge in [0.1, 0.15) is 0 Å². The van der Waals surface area contributed by atoms with Gasteiger partial charge >= 0.3 is 0 Å². The lowest BCUT2D eigenvalue weighted by Gasteiger charge is -2.00. The Balaban J connectivity index is 1.09. The Kier molecular flexibility index (Phi) is 19.1. The van der Waals surface area contributed by atoms with Gasteiger partial charge in [-0.1, -0.05) is 117 Å². The molecule has 0 aliphatic rings. The van der Waals surface area contributed by atoms with Crippen molar-refractivity contribution in [3.05, 3.63) is 109 Å². The van der Waals surface area contributed by atoms with E-state index in [1.807, 2.05) is 90.7 Å². The molecule has 66 heavy (non-hydrogen) atoms. The zero-order valence-electron chi connectivity index (χ0n) is 39.7. The molecular weight excluding hydrogens is 953 g/mol. The smallest absolute Gasteiger partial charge is 0.0535 e. The van der Waals surface area contributed by atoms with Gasteiger partial charge in [0, 0.05) is 91.0 Å². The van der Waals surface area contributed by atoms with Gasteiger partial charge in [-0.05, 0) is 124 Å². The molecule has 8 aromatic rings. The molecule has 0 fully saturated rings. The highest BCUT2D eigenvalue weighted by molar-refractivity contribution is 7.27. The maximum Gasteiger partial charge on any atom is 0.0535 e. The predicted molar refractivity (Wildman–Crippen MR) is 309 cm³/mol. The maximum atomic E-state index is 4.36. The summed E-state index contributed by atoms with van der Waals surface area (Å²) in [5, 5.41) is 2.40. The molecule has 348 valence electrons. The van der Waals surface area contributed by atoms with Gasteiger partial charge in [-0.3, -0.25) is 0 Å². The Hall–Kier alpha value is -2.66. The topological polar surface area (TPSA) is 0 Å². The third-order valence-electron chi connectivity index (χ3n) is 12.5. The molecule has 8 heterocycles. The molecule has 0 atom stereocenters. The molecule has 8 heteroatoms. The lowest BCUT2D eigenvalue weighted by Crippen LogP contribution is -1.80. The van der Waals surface area contributed by atoms with E-state index in [0.717, 1.165) is 0 Å². The summed E-state index contributed by atoms with van der Waals surface area (Å²) < 4.78 is 0. The number of hydrogen-bond donors (Lipinski definition) is 0. The first-order chi connectivity index (χ1) is 32.5. The fourth-order valence-corrected chi connectivity index (χ4v) is 17.9. The highest BCUT2D eigenvalue weighted by Crippen LogP contribution is 2.52. The Morgan fingerprint density at radius 2 is 0.773 bits per heavy atom. The van der Waals surface area contributed by atoms with E-state index in [0.29, 0.717) is 0 Å². The second-order valence-corrected chi connectivity index (χ2v) is 26.6. The van der Waals surface area contributed by atoms with Crippen molar-refractivity contribution in [2.24, 2.45) is 0 Å². The Morgan fingerprint density at radius 1 is 0.364 bits per heavy atom. The average molecular weight is 1020 g/mol. The number of hydrogen-bond acceptors (Lipinski definition) is 8. The van der Waals surface area contributed by atoms with Crippen LogP contribution >= 0.6 is 90.7 Å². The van der Waals surface area contributed by atoms with Crippen molar-refractivity contribution in [1.29, 1.82) is 0 Å². The summed E-state index contributed by atoms with van der Waals surface area (Å²) in [6.45, 7) is 13.6. The van der Waals surface area contributed by atoms with E-state index in [1.165, 1.54) is 224 Å². The fourth-order valence-electron chi connectivity index (χ4n) is 8.74. The van der Waals surface area contributed by atoms with Crippen LogP contribution in [0, 0.1) is 0 Å². The molecule has 0 saturated carbocycles. The summed E-state index contributed by atoms with van der Waals surface area (Å²) in [7, 11) is 0. The largest absolute Gasteiger partial charge is 0.142 e. The molecule has 0 N–H and O–H groups in total. The van der Waals surface area contributed by atoms with E-state index in [2.05, 4.69) is 119 Å². The SMILES string of the molecule is C=Cc1sc(-c2cc(-c3cc(-c4ccc(CCCCCC)s4)c(-c4ccc(CCCCCC)s4)s3)cs2)cc1-c1cc(-c2ccc(CCCCCC)s2)c(-c2ccc(CCCCCC)s2)s1. The maximum absolute atomic E-state index is 4.36. The summed E-state index contributed by atoms with van der Waals surface area (Å²) in [5.41, 5.74) is 5.46. The van der Waals surface area contributed by atoms with E-state index in [1.54, 1.807) is 0 Å². The lowest BCUT2D eigenvalue weighted by atomic mass is 10.1. The molecule has 0 amide bonds. The zero-order chi connectivity index (χ0) is 45.7. The minimum Gasteiger partial charge on any atom is -0.142 e. The molecule has 0 radical (unpaired) electrons. The average Bonchev–Trinajstić information content (AvgIpc) is 4.17. The lowest BCUT2D eigenvalue weighted by molar-refractivity contribution is 0.670. The van der Waals surface area contributed by atoms with Crippen molar-refractivity contribution in [1.82, 2.24) is 0 Å². The van der Waals surface area contributed by atoms with Gasteiger partial charge in [0.25, 0.3) is 0 Å². The second-order valence-electron chi connectivity index (χ2n) is 17.8. The second kappa shape index (κ2) is 25.3. The molecule has 0 spiro atoms. The molecule has 8 rings (SSSR count). The predicted octanol–water partition coefficient (Wildman–Crippen LogP) is 23.0. The highest BCUT2D eigenvalue weighted by atomic mass is 32.1. The van der Waals surface area contributed by atoms with Crippen LogP contribution in [0.3, 0.4) is 0 Å².